The molecule has 0 bridgehead atoms. The van der Waals surface area contributed by atoms with Crippen molar-refractivity contribution < 1.29 is 4.42 Å². The van der Waals surface area contributed by atoms with E-state index in [-0.39, 0.29) is 0 Å². The fourth-order valence-electron chi connectivity index (χ4n) is 3.36. The van der Waals surface area contributed by atoms with E-state index < -0.39 is 0 Å². The van der Waals surface area contributed by atoms with E-state index in [1.165, 1.54) is 11.1 Å². The lowest BCUT2D eigenvalue weighted by molar-refractivity contribution is 0.532. The van der Waals surface area contributed by atoms with Crippen LogP contribution in [0.5, 0.6) is 0 Å². The summed E-state index contributed by atoms with van der Waals surface area (Å²) in [4.78, 5) is 9.11. The number of fused-ring (bicyclic) bond motifs is 3. The van der Waals surface area contributed by atoms with Crippen LogP contribution in [0.15, 0.2) is 53.3 Å². The molecule has 0 aliphatic carbocycles. The van der Waals surface area contributed by atoms with Gasteiger partial charge >= 0.3 is 0 Å². The number of hydrogen-bond acceptors (Lipinski definition) is 3. The van der Waals surface area contributed by atoms with Crippen LogP contribution in [0.2, 0.25) is 0 Å². The maximum Gasteiger partial charge on any atom is 0.147 e. The zero-order valence-corrected chi connectivity index (χ0v) is 15.1. The van der Waals surface area contributed by atoms with E-state index in [0.29, 0.717) is 11.8 Å². The van der Waals surface area contributed by atoms with Crippen molar-refractivity contribution in [3.63, 3.8) is 0 Å². The molecule has 0 saturated heterocycles. The van der Waals surface area contributed by atoms with Gasteiger partial charge in [-0.1, -0.05) is 39.0 Å². The van der Waals surface area contributed by atoms with Gasteiger partial charge < -0.3 is 4.42 Å². The van der Waals surface area contributed by atoms with E-state index in [0.717, 1.165) is 33.2 Å². The minimum absolute atomic E-state index is 0.476. The highest BCUT2D eigenvalue weighted by atomic mass is 16.3. The molecule has 0 aliphatic heterocycles. The molecule has 3 heterocycles. The van der Waals surface area contributed by atoms with Gasteiger partial charge in [-0.2, -0.15) is 0 Å². The summed E-state index contributed by atoms with van der Waals surface area (Å²) in [5.74, 6) is 1.05. The van der Waals surface area contributed by atoms with Crippen molar-refractivity contribution in [3.05, 3.63) is 60.0 Å². The van der Waals surface area contributed by atoms with Gasteiger partial charge in [-0.05, 0) is 42.0 Å². The number of para-hydroxylation sites is 1. The second kappa shape index (κ2) is 5.99. The Morgan fingerprint density at radius 3 is 2.56 bits per heavy atom. The molecule has 0 fully saturated rings. The number of nitrogens with zero attached hydrogens (tertiary/aromatic N) is 2. The van der Waals surface area contributed by atoms with E-state index in [1.54, 1.807) is 0 Å². The molecular weight excluding hydrogens is 308 g/mol. The minimum atomic E-state index is 0.476. The highest BCUT2D eigenvalue weighted by Gasteiger charge is 2.17. The first-order chi connectivity index (χ1) is 12.1. The van der Waals surface area contributed by atoms with Gasteiger partial charge in [-0.25, -0.2) is 0 Å². The molecule has 1 unspecified atom stereocenters. The second-order valence-corrected chi connectivity index (χ2v) is 7.12. The highest BCUT2D eigenvalue weighted by Crippen LogP contribution is 2.36. The highest BCUT2D eigenvalue weighted by molar-refractivity contribution is 6.08. The smallest absolute Gasteiger partial charge is 0.147 e. The summed E-state index contributed by atoms with van der Waals surface area (Å²) in [5.41, 5.74) is 6.18. The van der Waals surface area contributed by atoms with Crippen LogP contribution in [0.4, 0.5) is 0 Å². The van der Waals surface area contributed by atoms with Crippen LogP contribution in [0.25, 0.3) is 33.2 Å². The maximum absolute atomic E-state index is 6.14. The molecule has 1 aromatic carbocycles. The molecule has 0 spiro atoms. The number of benzene rings is 1. The molecule has 25 heavy (non-hydrogen) atoms. The predicted molar refractivity (Wildman–Crippen MR) is 103 cm³/mol. The fourth-order valence-corrected chi connectivity index (χ4v) is 3.36. The van der Waals surface area contributed by atoms with Crippen molar-refractivity contribution in [2.45, 2.75) is 33.6 Å². The van der Waals surface area contributed by atoms with Gasteiger partial charge in [0.25, 0.3) is 0 Å². The molecule has 0 radical (unpaired) electrons. The molecule has 4 aromatic rings. The first kappa shape index (κ1) is 15.8. The van der Waals surface area contributed by atoms with Crippen LogP contribution in [-0.2, 0) is 0 Å². The molecule has 0 aliphatic rings. The fraction of sp³-hybridized carbons (Fsp3) is 0.273. The average Bonchev–Trinajstić information content (AvgIpc) is 3.00. The van der Waals surface area contributed by atoms with E-state index in [2.05, 4.69) is 49.8 Å². The summed E-state index contributed by atoms with van der Waals surface area (Å²) in [5, 5.41) is 2.13. The summed E-state index contributed by atoms with van der Waals surface area (Å²) in [7, 11) is 0. The van der Waals surface area contributed by atoms with Gasteiger partial charge in [0, 0.05) is 29.4 Å². The van der Waals surface area contributed by atoms with Crippen LogP contribution in [0.3, 0.4) is 0 Å². The van der Waals surface area contributed by atoms with E-state index >= 15 is 0 Å². The van der Waals surface area contributed by atoms with Crippen molar-refractivity contribution in [2.24, 2.45) is 5.92 Å². The van der Waals surface area contributed by atoms with Crippen LogP contribution in [0, 0.1) is 12.8 Å². The first-order valence-corrected chi connectivity index (χ1v) is 8.78. The number of rotatable bonds is 3. The lowest BCUT2D eigenvalue weighted by Crippen LogP contribution is -2.05. The van der Waals surface area contributed by atoms with E-state index in [1.807, 2.05) is 36.8 Å². The van der Waals surface area contributed by atoms with Gasteiger partial charge in [0.15, 0.2) is 0 Å². The molecule has 126 valence electrons. The Bertz CT molecular complexity index is 1060. The number of aryl methyl sites for hydroxylation is 1. The topological polar surface area (TPSA) is 38.9 Å². The van der Waals surface area contributed by atoms with Crippen molar-refractivity contribution in [2.75, 3.05) is 0 Å². The molecule has 0 N–H and O–H groups in total. The molecule has 3 aromatic heterocycles. The monoisotopic (exact) mass is 330 g/mol. The summed E-state index contributed by atoms with van der Waals surface area (Å²) >= 11 is 0. The third-order valence-electron chi connectivity index (χ3n) is 5.20. The van der Waals surface area contributed by atoms with Gasteiger partial charge in [0.2, 0.25) is 0 Å². The Labute approximate surface area is 147 Å². The van der Waals surface area contributed by atoms with Gasteiger partial charge in [0.05, 0.1) is 11.3 Å². The standard InChI is InChI=1S/C22H22N2O/c1-13(2)15(4)17-9-20(24-10-14(17)3)19-12-23-11-18-16-7-5-6-8-21(16)25-22(18)19/h5-13,15H,1-4H3. The largest absolute Gasteiger partial charge is 0.455 e. The quantitative estimate of drug-likeness (QED) is 0.455. The lowest BCUT2D eigenvalue weighted by atomic mass is 9.87. The van der Waals surface area contributed by atoms with Gasteiger partial charge in [-0.15, -0.1) is 0 Å². The van der Waals surface area contributed by atoms with E-state index in [4.69, 9.17) is 4.42 Å². The average molecular weight is 330 g/mol. The third-order valence-corrected chi connectivity index (χ3v) is 5.20. The molecule has 4 rings (SSSR count). The zero-order chi connectivity index (χ0) is 17.6. The molecular formula is C22H22N2O. The van der Waals surface area contributed by atoms with Crippen LogP contribution in [-0.4, -0.2) is 9.97 Å². The Morgan fingerprint density at radius 2 is 1.76 bits per heavy atom. The van der Waals surface area contributed by atoms with Crippen LogP contribution >= 0.6 is 0 Å². The SMILES string of the molecule is Cc1cnc(-c2cncc3c2oc2ccccc23)cc1C(C)C(C)C. The van der Waals surface area contributed by atoms with Crippen molar-refractivity contribution in [3.8, 4) is 11.3 Å². The van der Waals surface area contributed by atoms with Crippen LogP contribution in [0.1, 0.15) is 37.8 Å². The normalized spacial score (nSPS) is 13.0. The summed E-state index contributed by atoms with van der Waals surface area (Å²) in [6.45, 7) is 8.92. The van der Waals surface area contributed by atoms with Crippen molar-refractivity contribution in [1.29, 1.82) is 0 Å². The summed E-state index contributed by atoms with van der Waals surface area (Å²) in [6.07, 6.45) is 5.69. The molecule has 3 nitrogen and oxygen atoms in total. The molecule has 0 amide bonds. The maximum atomic E-state index is 6.14. The third kappa shape index (κ3) is 2.60. The predicted octanol–water partition coefficient (Wildman–Crippen LogP) is 6.11. The summed E-state index contributed by atoms with van der Waals surface area (Å²) in [6, 6.07) is 10.3. The Balaban J connectivity index is 1.94. The summed E-state index contributed by atoms with van der Waals surface area (Å²) < 4.78 is 6.14. The first-order valence-electron chi connectivity index (χ1n) is 8.78. The van der Waals surface area contributed by atoms with E-state index in [9.17, 15) is 0 Å². The minimum Gasteiger partial charge on any atom is -0.455 e. The Kier molecular flexibility index (Phi) is 3.79. The number of furan rings is 1. The number of aromatic nitrogens is 2. The van der Waals surface area contributed by atoms with Crippen molar-refractivity contribution in [1.82, 2.24) is 9.97 Å². The number of pyridine rings is 2. The van der Waals surface area contributed by atoms with Crippen LogP contribution < -0.4 is 0 Å². The molecule has 3 heteroatoms. The van der Waals surface area contributed by atoms with Gasteiger partial charge in [-0.3, -0.25) is 9.97 Å². The lowest BCUT2D eigenvalue weighted by Gasteiger charge is -2.19. The second-order valence-electron chi connectivity index (χ2n) is 7.12. The number of hydrogen-bond donors (Lipinski definition) is 0. The molecule has 0 saturated carbocycles. The Morgan fingerprint density at radius 1 is 0.960 bits per heavy atom. The Hall–Kier alpha value is -2.68. The van der Waals surface area contributed by atoms with Gasteiger partial charge in [0.1, 0.15) is 11.2 Å². The van der Waals surface area contributed by atoms with Crippen molar-refractivity contribution >= 4 is 21.9 Å². The molecule has 1 atom stereocenters. The zero-order valence-electron chi connectivity index (χ0n) is 15.1.